The van der Waals surface area contributed by atoms with Crippen LogP contribution in [0.1, 0.15) is 37.2 Å². The number of hydrogen-bond acceptors (Lipinski definition) is 2. The van der Waals surface area contributed by atoms with Gasteiger partial charge in [-0.3, -0.25) is 14.1 Å². The number of piperidine rings is 1. The number of carbonyl (C=O) groups is 1. The summed E-state index contributed by atoms with van der Waals surface area (Å²) < 4.78 is 12.7. The van der Waals surface area contributed by atoms with Crippen LogP contribution in [-0.4, -0.2) is 55.1 Å². The molecule has 24 heavy (non-hydrogen) atoms. The normalized spacial score (nSPS) is 29.7. The standard InChI is InChI=1S/C19H26ClFN2O/c1-22(2)19(24)18-16(13-4-6-14(20)7-5-13)12-15-8-9-17(18)23(15)11-3-10-21/h4-7,15-18H,3,8-12H2,1-2H3/t15-,16+,17+,18-/m0/s1/i21-1. The first-order valence-corrected chi connectivity index (χ1v) is 9.19. The fourth-order valence-corrected chi connectivity index (χ4v) is 4.72. The smallest absolute Gasteiger partial charge is 0.227 e. The van der Waals surface area contributed by atoms with E-state index in [1.807, 2.05) is 26.2 Å². The molecule has 0 aromatic heterocycles. The average Bonchev–Trinajstić information content (AvgIpc) is 2.84. The molecule has 5 heteroatoms. The van der Waals surface area contributed by atoms with E-state index in [9.17, 15) is 9.18 Å². The summed E-state index contributed by atoms with van der Waals surface area (Å²) in [5, 5.41) is 0.720. The van der Waals surface area contributed by atoms with Crippen LogP contribution in [-0.2, 0) is 4.79 Å². The summed E-state index contributed by atoms with van der Waals surface area (Å²) in [4.78, 5) is 17.1. The molecule has 1 aromatic rings. The maximum absolute atomic E-state index is 13.0. The van der Waals surface area contributed by atoms with Gasteiger partial charge in [0.1, 0.15) is 0 Å². The van der Waals surface area contributed by atoms with Gasteiger partial charge in [0.05, 0.1) is 12.6 Å². The number of benzene rings is 1. The Kier molecular flexibility index (Phi) is 5.46. The van der Waals surface area contributed by atoms with E-state index < -0.39 is 0 Å². The Balaban J connectivity index is 1.91. The quantitative estimate of drug-likeness (QED) is 0.807. The molecule has 2 aliphatic heterocycles. The van der Waals surface area contributed by atoms with Crippen molar-refractivity contribution < 1.29 is 9.18 Å². The Morgan fingerprint density at radius 1 is 1.29 bits per heavy atom. The zero-order chi connectivity index (χ0) is 17.3. The van der Waals surface area contributed by atoms with E-state index in [0.29, 0.717) is 12.5 Å². The van der Waals surface area contributed by atoms with E-state index in [1.54, 1.807) is 4.90 Å². The predicted octanol–water partition coefficient (Wildman–Crippen LogP) is 3.72. The minimum atomic E-state index is -0.289. The molecule has 2 saturated heterocycles. The number of amides is 1. The lowest BCUT2D eigenvalue weighted by Gasteiger charge is -2.45. The van der Waals surface area contributed by atoms with Gasteiger partial charge in [-0.1, -0.05) is 23.7 Å². The molecule has 4 atom stereocenters. The molecule has 0 N–H and O–H groups in total. The molecule has 0 saturated carbocycles. The second kappa shape index (κ2) is 7.40. The van der Waals surface area contributed by atoms with Crippen molar-refractivity contribution in [1.82, 2.24) is 9.80 Å². The highest BCUT2D eigenvalue weighted by Gasteiger charge is 2.50. The van der Waals surface area contributed by atoms with Gasteiger partial charge in [-0.05, 0) is 49.3 Å². The number of carbonyl (C=O) groups excluding carboxylic acids is 1. The highest BCUT2D eigenvalue weighted by molar-refractivity contribution is 6.30. The summed E-state index contributed by atoms with van der Waals surface area (Å²) in [6.07, 6.45) is 3.67. The summed E-state index contributed by atoms with van der Waals surface area (Å²) in [7, 11) is 3.66. The van der Waals surface area contributed by atoms with Crippen LogP contribution >= 0.6 is 11.6 Å². The molecule has 0 unspecified atom stereocenters. The molecule has 0 radical (unpaired) electrons. The zero-order valence-corrected chi connectivity index (χ0v) is 15.2. The molecule has 2 heterocycles. The minimum absolute atomic E-state index is 0.0560. The van der Waals surface area contributed by atoms with E-state index in [-0.39, 0.29) is 30.5 Å². The molecule has 3 rings (SSSR count). The van der Waals surface area contributed by atoms with E-state index in [2.05, 4.69) is 17.0 Å². The molecular formula is C19H26ClFN2O. The summed E-state index contributed by atoms with van der Waals surface area (Å²) >= 11 is 6.03. The van der Waals surface area contributed by atoms with Crippen molar-refractivity contribution in [2.24, 2.45) is 5.92 Å². The van der Waals surface area contributed by atoms with Gasteiger partial charge in [0.25, 0.3) is 0 Å². The van der Waals surface area contributed by atoms with Crippen LogP contribution < -0.4 is 0 Å². The first kappa shape index (κ1) is 17.7. The zero-order valence-electron chi connectivity index (χ0n) is 14.4. The third kappa shape index (κ3) is 3.31. The Hall–Kier alpha value is -1.13. The van der Waals surface area contributed by atoms with Crippen LogP contribution in [0.4, 0.5) is 4.39 Å². The molecule has 2 bridgehead atoms. The lowest BCUT2D eigenvalue weighted by atomic mass is 9.75. The van der Waals surface area contributed by atoms with E-state index in [4.69, 9.17) is 11.6 Å². The van der Waals surface area contributed by atoms with Crippen molar-refractivity contribution in [2.75, 3.05) is 27.3 Å². The molecule has 1 aromatic carbocycles. The van der Waals surface area contributed by atoms with E-state index in [0.717, 1.165) is 30.8 Å². The molecule has 132 valence electrons. The third-order valence-electron chi connectivity index (χ3n) is 5.64. The first-order valence-electron chi connectivity index (χ1n) is 8.81. The van der Waals surface area contributed by atoms with E-state index in [1.165, 1.54) is 5.56 Å². The van der Waals surface area contributed by atoms with Crippen molar-refractivity contribution in [3.05, 3.63) is 34.9 Å². The monoisotopic (exact) mass is 351 g/mol. The highest BCUT2D eigenvalue weighted by atomic mass is 35.5. The van der Waals surface area contributed by atoms with Crippen molar-refractivity contribution in [1.29, 1.82) is 0 Å². The fourth-order valence-electron chi connectivity index (χ4n) is 4.59. The number of nitrogens with zero attached hydrogens (tertiary/aromatic N) is 2. The predicted molar refractivity (Wildman–Crippen MR) is 95.1 cm³/mol. The van der Waals surface area contributed by atoms with Crippen LogP contribution in [0.2, 0.25) is 5.02 Å². The lowest BCUT2D eigenvalue weighted by molar-refractivity contribution is -0.137. The lowest BCUT2D eigenvalue weighted by Crippen LogP contribution is -2.53. The second-order valence-electron chi connectivity index (χ2n) is 7.23. The second-order valence-corrected chi connectivity index (χ2v) is 7.67. The summed E-state index contributed by atoms with van der Waals surface area (Å²) in [6.45, 7) is 0.471. The Morgan fingerprint density at radius 2 is 2.00 bits per heavy atom. The fraction of sp³-hybridized carbons (Fsp3) is 0.632. The van der Waals surface area contributed by atoms with Gasteiger partial charge in [-0.2, -0.15) is 0 Å². The average molecular weight is 352 g/mol. The number of rotatable bonds is 5. The van der Waals surface area contributed by atoms with Gasteiger partial charge in [0.2, 0.25) is 5.91 Å². The summed E-state index contributed by atoms with van der Waals surface area (Å²) in [6, 6.07) is 8.62. The maximum atomic E-state index is 13.0. The van der Waals surface area contributed by atoms with Crippen molar-refractivity contribution in [2.45, 2.75) is 43.7 Å². The number of alkyl halides is 1. The SMILES string of the molecule is CN(C)C(=O)[C@H]1[C@@H](c2ccc(Cl)cc2)C[C@@H]2CC[C@H]1N2CCC[18F]. The van der Waals surface area contributed by atoms with Crippen LogP contribution in [0.5, 0.6) is 0 Å². The van der Waals surface area contributed by atoms with Gasteiger partial charge in [0.15, 0.2) is 0 Å². The number of halogens is 2. The van der Waals surface area contributed by atoms with E-state index >= 15 is 0 Å². The Labute approximate surface area is 148 Å². The third-order valence-corrected chi connectivity index (χ3v) is 5.89. The largest absolute Gasteiger partial charge is 0.349 e. The topological polar surface area (TPSA) is 23.6 Å². The molecule has 1 amide bonds. The Bertz CT molecular complexity index is 577. The van der Waals surface area contributed by atoms with Gasteiger partial charge >= 0.3 is 0 Å². The molecule has 2 aliphatic rings. The van der Waals surface area contributed by atoms with Crippen LogP contribution in [0.25, 0.3) is 0 Å². The molecule has 3 nitrogen and oxygen atoms in total. The van der Waals surface area contributed by atoms with Crippen LogP contribution in [0.3, 0.4) is 0 Å². The van der Waals surface area contributed by atoms with Gasteiger partial charge in [-0.15, -0.1) is 0 Å². The number of fused-ring (bicyclic) bond motifs is 2. The van der Waals surface area contributed by atoms with Gasteiger partial charge < -0.3 is 4.90 Å². The molecule has 0 spiro atoms. The molecular weight excluding hydrogens is 326 g/mol. The maximum Gasteiger partial charge on any atom is 0.227 e. The number of hydrogen-bond donors (Lipinski definition) is 0. The van der Waals surface area contributed by atoms with Crippen LogP contribution in [0, 0.1) is 5.92 Å². The summed E-state index contributed by atoms with van der Waals surface area (Å²) in [5.74, 6) is 0.348. The molecule has 2 fully saturated rings. The Morgan fingerprint density at radius 3 is 2.62 bits per heavy atom. The van der Waals surface area contributed by atoms with Crippen molar-refractivity contribution >= 4 is 17.5 Å². The molecule has 0 aliphatic carbocycles. The first-order chi connectivity index (χ1) is 11.5. The van der Waals surface area contributed by atoms with Crippen molar-refractivity contribution in [3.8, 4) is 0 Å². The minimum Gasteiger partial charge on any atom is -0.349 e. The van der Waals surface area contributed by atoms with Gasteiger partial charge in [-0.25, -0.2) is 0 Å². The highest BCUT2D eigenvalue weighted by Crippen LogP contribution is 2.47. The summed E-state index contributed by atoms with van der Waals surface area (Å²) in [5.41, 5.74) is 1.20. The van der Waals surface area contributed by atoms with Crippen molar-refractivity contribution in [3.63, 3.8) is 0 Å². The van der Waals surface area contributed by atoms with Crippen LogP contribution in [0.15, 0.2) is 24.3 Å². The van der Waals surface area contributed by atoms with Gasteiger partial charge in [0, 0.05) is 37.7 Å².